The molecule has 0 radical (unpaired) electrons. The fourth-order valence-corrected chi connectivity index (χ4v) is 1.64. The van der Waals surface area contributed by atoms with Crippen LogP contribution in [0.4, 0.5) is 4.39 Å². The van der Waals surface area contributed by atoms with Crippen LogP contribution in [0.1, 0.15) is 32.1 Å². The lowest BCUT2D eigenvalue weighted by atomic mass is 9.86. The summed E-state index contributed by atoms with van der Waals surface area (Å²) in [5.74, 6) is 0.249. The second kappa shape index (κ2) is 3.91. The Balaban J connectivity index is 2.24. The van der Waals surface area contributed by atoms with Crippen LogP contribution in [0.25, 0.3) is 0 Å². The summed E-state index contributed by atoms with van der Waals surface area (Å²) in [4.78, 5) is 0. The molecule has 0 amide bonds. The van der Waals surface area contributed by atoms with E-state index in [0.717, 1.165) is 12.8 Å². The third-order valence-electron chi connectivity index (χ3n) is 2.35. The Kier molecular flexibility index (Phi) is 3.13. The summed E-state index contributed by atoms with van der Waals surface area (Å²) < 4.78 is 11.9. The summed E-state index contributed by atoms with van der Waals surface area (Å²) >= 11 is 0. The van der Waals surface area contributed by atoms with Gasteiger partial charge in [-0.3, -0.25) is 0 Å². The van der Waals surface area contributed by atoms with Crippen molar-refractivity contribution in [3.8, 4) is 0 Å². The Labute approximate surface area is 61.2 Å². The first kappa shape index (κ1) is 7.99. The lowest BCUT2D eigenvalue weighted by Gasteiger charge is -2.24. The molecule has 1 N–H and O–H groups in total. The van der Waals surface area contributed by atoms with Crippen molar-refractivity contribution in [3.63, 3.8) is 0 Å². The van der Waals surface area contributed by atoms with Crippen LogP contribution in [0.3, 0.4) is 0 Å². The van der Waals surface area contributed by atoms with Gasteiger partial charge in [0, 0.05) is 0 Å². The summed E-state index contributed by atoms with van der Waals surface area (Å²) in [5, 5.41) is 9.11. The molecule has 2 heteroatoms. The van der Waals surface area contributed by atoms with Crippen molar-refractivity contribution >= 4 is 0 Å². The molecule has 1 saturated carbocycles. The minimum absolute atomic E-state index is 0.249. The zero-order valence-electron chi connectivity index (χ0n) is 6.22. The first-order valence-corrected chi connectivity index (χ1v) is 4.08. The molecule has 1 fully saturated rings. The van der Waals surface area contributed by atoms with Gasteiger partial charge in [0.2, 0.25) is 0 Å². The van der Waals surface area contributed by atoms with E-state index in [0.29, 0.717) is 0 Å². The predicted molar refractivity (Wildman–Crippen MR) is 38.6 cm³/mol. The molecule has 1 rings (SSSR count). The van der Waals surface area contributed by atoms with Crippen molar-refractivity contribution in [2.75, 3.05) is 6.67 Å². The maximum absolute atomic E-state index is 11.9. The number of hydrogen-bond acceptors (Lipinski definition) is 1. The summed E-state index contributed by atoms with van der Waals surface area (Å²) in [6, 6.07) is 0. The van der Waals surface area contributed by atoms with Gasteiger partial charge in [-0.05, 0) is 18.8 Å². The predicted octanol–water partition coefficient (Wildman–Crippen LogP) is 1.90. The Bertz CT molecular complexity index is 89.3. The van der Waals surface area contributed by atoms with E-state index in [1.807, 2.05) is 0 Å². The second-order valence-corrected chi connectivity index (χ2v) is 3.12. The standard InChI is InChI=1S/C8H15FO/c9-6-8(10)7-4-2-1-3-5-7/h7-8,10H,1-6H2. The van der Waals surface area contributed by atoms with Gasteiger partial charge in [0.05, 0.1) is 6.10 Å². The second-order valence-electron chi connectivity index (χ2n) is 3.12. The Hall–Kier alpha value is -0.110. The molecule has 0 aliphatic heterocycles. The Morgan fingerprint density at radius 3 is 2.40 bits per heavy atom. The van der Waals surface area contributed by atoms with Crippen molar-refractivity contribution in [3.05, 3.63) is 0 Å². The average molecular weight is 146 g/mol. The van der Waals surface area contributed by atoms with Gasteiger partial charge in [-0.15, -0.1) is 0 Å². The molecule has 0 aromatic carbocycles. The fraction of sp³-hybridized carbons (Fsp3) is 1.00. The highest BCUT2D eigenvalue weighted by atomic mass is 19.1. The first-order chi connectivity index (χ1) is 4.84. The van der Waals surface area contributed by atoms with Gasteiger partial charge in [-0.25, -0.2) is 4.39 Å². The summed E-state index contributed by atoms with van der Waals surface area (Å²) in [7, 11) is 0. The molecular weight excluding hydrogens is 131 g/mol. The Morgan fingerprint density at radius 1 is 1.30 bits per heavy atom. The molecule has 1 nitrogen and oxygen atoms in total. The SMILES string of the molecule is OC(CF)C1CCCCC1. The highest BCUT2D eigenvalue weighted by Gasteiger charge is 2.20. The highest BCUT2D eigenvalue weighted by molar-refractivity contribution is 4.72. The van der Waals surface area contributed by atoms with Crippen molar-refractivity contribution in [1.29, 1.82) is 0 Å². The van der Waals surface area contributed by atoms with Crippen LogP contribution in [0, 0.1) is 5.92 Å². The van der Waals surface area contributed by atoms with Crippen LogP contribution >= 0.6 is 0 Å². The first-order valence-electron chi connectivity index (χ1n) is 4.08. The van der Waals surface area contributed by atoms with Gasteiger partial charge in [-0.2, -0.15) is 0 Å². The van der Waals surface area contributed by atoms with Gasteiger partial charge < -0.3 is 5.11 Å². The lowest BCUT2D eigenvalue weighted by molar-refractivity contribution is 0.0618. The summed E-state index contributed by atoms with van der Waals surface area (Å²) in [6.45, 7) is -0.565. The number of rotatable bonds is 2. The van der Waals surface area contributed by atoms with E-state index in [9.17, 15) is 4.39 Å². The third-order valence-corrected chi connectivity index (χ3v) is 2.35. The van der Waals surface area contributed by atoms with Gasteiger partial charge in [0.1, 0.15) is 6.67 Å². The van der Waals surface area contributed by atoms with E-state index >= 15 is 0 Å². The molecule has 0 bridgehead atoms. The van der Waals surface area contributed by atoms with Crippen LogP contribution in [0.15, 0.2) is 0 Å². The monoisotopic (exact) mass is 146 g/mol. The summed E-state index contributed by atoms with van der Waals surface area (Å²) in [6.07, 6.45) is 4.95. The number of aliphatic hydroxyl groups excluding tert-OH is 1. The molecule has 1 aliphatic carbocycles. The van der Waals surface area contributed by atoms with Crippen LogP contribution in [0.2, 0.25) is 0 Å². The third kappa shape index (κ3) is 1.94. The smallest absolute Gasteiger partial charge is 0.116 e. The van der Waals surface area contributed by atoms with Gasteiger partial charge in [0.15, 0.2) is 0 Å². The number of aliphatic hydroxyl groups is 1. The molecule has 0 aromatic rings. The van der Waals surface area contributed by atoms with Crippen LogP contribution in [-0.2, 0) is 0 Å². The fourth-order valence-electron chi connectivity index (χ4n) is 1.64. The van der Waals surface area contributed by atoms with E-state index in [1.165, 1.54) is 19.3 Å². The zero-order valence-corrected chi connectivity index (χ0v) is 6.22. The number of alkyl halides is 1. The molecular formula is C8H15FO. The zero-order chi connectivity index (χ0) is 7.40. The van der Waals surface area contributed by atoms with E-state index in [2.05, 4.69) is 0 Å². The minimum atomic E-state index is -0.680. The van der Waals surface area contributed by atoms with E-state index in [1.54, 1.807) is 0 Å². The molecule has 0 heterocycles. The molecule has 1 unspecified atom stereocenters. The van der Waals surface area contributed by atoms with Crippen LogP contribution in [-0.4, -0.2) is 17.9 Å². The molecule has 1 aliphatic rings. The minimum Gasteiger partial charge on any atom is -0.390 e. The highest BCUT2D eigenvalue weighted by Crippen LogP contribution is 2.26. The number of hydrogen-bond donors (Lipinski definition) is 1. The normalized spacial score (nSPS) is 24.6. The average Bonchev–Trinajstić information content (AvgIpc) is 2.05. The van der Waals surface area contributed by atoms with Crippen molar-refractivity contribution in [2.45, 2.75) is 38.2 Å². The van der Waals surface area contributed by atoms with Crippen molar-refractivity contribution < 1.29 is 9.50 Å². The van der Waals surface area contributed by atoms with Gasteiger partial charge in [0.25, 0.3) is 0 Å². The maximum atomic E-state index is 11.9. The topological polar surface area (TPSA) is 20.2 Å². The van der Waals surface area contributed by atoms with Gasteiger partial charge in [-0.1, -0.05) is 19.3 Å². The van der Waals surface area contributed by atoms with Crippen LogP contribution in [0.5, 0.6) is 0 Å². The quantitative estimate of drug-likeness (QED) is 0.630. The van der Waals surface area contributed by atoms with E-state index in [-0.39, 0.29) is 5.92 Å². The lowest BCUT2D eigenvalue weighted by Crippen LogP contribution is -2.24. The largest absolute Gasteiger partial charge is 0.390 e. The van der Waals surface area contributed by atoms with Gasteiger partial charge >= 0.3 is 0 Å². The van der Waals surface area contributed by atoms with Crippen LogP contribution < -0.4 is 0 Å². The number of halogens is 1. The molecule has 0 aromatic heterocycles. The summed E-state index contributed by atoms with van der Waals surface area (Å²) in [5.41, 5.74) is 0. The molecule has 60 valence electrons. The van der Waals surface area contributed by atoms with Crippen molar-refractivity contribution in [2.24, 2.45) is 5.92 Å². The van der Waals surface area contributed by atoms with E-state index < -0.39 is 12.8 Å². The van der Waals surface area contributed by atoms with Crippen molar-refractivity contribution in [1.82, 2.24) is 0 Å². The Morgan fingerprint density at radius 2 is 1.90 bits per heavy atom. The molecule has 0 spiro atoms. The molecule has 1 atom stereocenters. The van der Waals surface area contributed by atoms with E-state index in [4.69, 9.17) is 5.11 Å². The maximum Gasteiger partial charge on any atom is 0.116 e. The molecule has 0 saturated heterocycles. The molecule has 10 heavy (non-hydrogen) atoms.